The Hall–Kier alpha value is -4.39. The van der Waals surface area contributed by atoms with Crippen molar-refractivity contribution >= 4 is 24.0 Å². The first-order valence-corrected chi connectivity index (χ1v) is 12.1. The lowest BCUT2D eigenvalue weighted by Crippen LogP contribution is -2.02. The van der Waals surface area contributed by atoms with Gasteiger partial charge in [0.05, 0.1) is 27.4 Å². The minimum Gasteiger partial charge on any atom is -0.508 e. The molecule has 3 N–H and O–H groups in total. The molecular formula is C32H32O6. The summed E-state index contributed by atoms with van der Waals surface area (Å²) in [5.41, 5.74) is 3.87. The summed E-state index contributed by atoms with van der Waals surface area (Å²) in [4.78, 5) is 13.2. The highest BCUT2D eigenvalue weighted by Gasteiger charge is 2.11. The molecule has 3 aromatic rings. The fraction of sp³-hybridized carbons (Fsp3) is 0.156. The molecule has 0 atom stereocenters. The highest BCUT2D eigenvalue weighted by molar-refractivity contribution is 6.07. The molecular weight excluding hydrogens is 480 g/mol. The smallest absolute Gasteiger partial charge is 0.185 e. The third-order valence-electron chi connectivity index (χ3n) is 5.88. The highest BCUT2D eigenvalue weighted by atomic mass is 16.5. The van der Waals surface area contributed by atoms with Gasteiger partial charge in [-0.2, -0.15) is 0 Å². The second-order valence-electron chi connectivity index (χ2n) is 8.37. The van der Waals surface area contributed by atoms with Crippen molar-refractivity contribution in [3.05, 3.63) is 124 Å². The summed E-state index contributed by atoms with van der Waals surface area (Å²) in [6.45, 7) is -0.400. The van der Waals surface area contributed by atoms with Crippen LogP contribution in [0.15, 0.2) is 96.3 Å². The Morgan fingerprint density at radius 1 is 0.737 bits per heavy atom. The lowest BCUT2D eigenvalue weighted by molar-refractivity contribution is -0.111. The van der Waals surface area contributed by atoms with Crippen LogP contribution < -0.4 is 9.47 Å². The van der Waals surface area contributed by atoms with Gasteiger partial charge in [0.1, 0.15) is 5.76 Å². The van der Waals surface area contributed by atoms with E-state index in [-0.39, 0.29) is 36.8 Å². The Labute approximate surface area is 223 Å². The van der Waals surface area contributed by atoms with Crippen molar-refractivity contribution in [3.8, 4) is 11.5 Å². The summed E-state index contributed by atoms with van der Waals surface area (Å²) in [5, 5.41) is 29.8. The van der Waals surface area contributed by atoms with E-state index >= 15 is 0 Å². The van der Waals surface area contributed by atoms with Gasteiger partial charge in [-0.05, 0) is 64.6 Å². The number of hydrogen-bond donors (Lipinski definition) is 3. The van der Waals surface area contributed by atoms with Crippen LogP contribution in [0.3, 0.4) is 0 Å². The van der Waals surface area contributed by atoms with Gasteiger partial charge in [-0.1, -0.05) is 72.8 Å². The SMILES string of the molecule is COc1ccc(/C=C/C(O)=C(\C/C=C/c2ccccc2)C(=O)/C=C/c2ccc(CO)c(CO)c2)cc1OC. The van der Waals surface area contributed by atoms with E-state index in [1.807, 2.05) is 48.6 Å². The van der Waals surface area contributed by atoms with Gasteiger partial charge in [-0.15, -0.1) is 0 Å². The molecule has 3 rings (SSSR count). The van der Waals surface area contributed by atoms with Gasteiger partial charge in [-0.25, -0.2) is 0 Å². The summed E-state index contributed by atoms with van der Waals surface area (Å²) in [5.74, 6) is 0.637. The lowest BCUT2D eigenvalue weighted by atomic mass is 10.0. The fourth-order valence-corrected chi connectivity index (χ4v) is 3.76. The summed E-state index contributed by atoms with van der Waals surface area (Å²) in [7, 11) is 3.10. The molecule has 0 amide bonds. The monoisotopic (exact) mass is 512 g/mol. The van der Waals surface area contributed by atoms with Gasteiger partial charge >= 0.3 is 0 Å². The van der Waals surface area contributed by atoms with Gasteiger partial charge < -0.3 is 24.8 Å². The Bertz CT molecular complexity index is 1350. The van der Waals surface area contributed by atoms with Crippen LogP contribution in [0.1, 0.15) is 34.2 Å². The van der Waals surface area contributed by atoms with Crippen LogP contribution in [0.2, 0.25) is 0 Å². The van der Waals surface area contributed by atoms with Crippen molar-refractivity contribution in [2.75, 3.05) is 14.2 Å². The van der Waals surface area contributed by atoms with Crippen molar-refractivity contribution in [2.24, 2.45) is 0 Å². The van der Waals surface area contributed by atoms with Gasteiger partial charge in [0.25, 0.3) is 0 Å². The Kier molecular flexibility index (Phi) is 10.7. The molecule has 0 aliphatic heterocycles. The molecule has 0 unspecified atom stereocenters. The van der Waals surface area contributed by atoms with Gasteiger partial charge in [0, 0.05) is 5.57 Å². The van der Waals surface area contributed by atoms with E-state index in [1.165, 1.54) is 12.2 Å². The molecule has 0 saturated carbocycles. The largest absolute Gasteiger partial charge is 0.508 e. The van der Waals surface area contributed by atoms with E-state index in [2.05, 4.69) is 0 Å². The molecule has 0 aromatic heterocycles. The maximum atomic E-state index is 13.2. The zero-order valence-electron chi connectivity index (χ0n) is 21.5. The van der Waals surface area contributed by atoms with Crippen LogP contribution >= 0.6 is 0 Å². The van der Waals surface area contributed by atoms with E-state index in [4.69, 9.17) is 9.47 Å². The number of allylic oxidation sites excluding steroid dienone is 4. The van der Waals surface area contributed by atoms with Crippen molar-refractivity contribution in [1.82, 2.24) is 0 Å². The van der Waals surface area contributed by atoms with Crippen LogP contribution in [-0.2, 0) is 18.0 Å². The molecule has 0 spiro atoms. The number of carbonyl (C=O) groups excluding carboxylic acids is 1. The molecule has 6 heteroatoms. The van der Waals surface area contributed by atoms with Crippen LogP contribution in [0.4, 0.5) is 0 Å². The van der Waals surface area contributed by atoms with E-state index in [0.717, 1.165) is 11.1 Å². The summed E-state index contributed by atoms with van der Waals surface area (Å²) in [6.07, 6.45) is 10.1. The zero-order valence-corrected chi connectivity index (χ0v) is 21.5. The molecule has 196 valence electrons. The number of methoxy groups -OCH3 is 2. The molecule has 0 fully saturated rings. The van der Waals surface area contributed by atoms with Gasteiger partial charge in [0.15, 0.2) is 17.3 Å². The number of hydrogen-bond acceptors (Lipinski definition) is 6. The molecule has 0 aliphatic rings. The minimum atomic E-state index is -0.353. The number of ether oxygens (including phenoxy) is 2. The van der Waals surface area contributed by atoms with Crippen LogP contribution in [0.25, 0.3) is 18.2 Å². The topological polar surface area (TPSA) is 96.2 Å². The van der Waals surface area contributed by atoms with Crippen LogP contribution in [0, 0.1) is 0 Å². The number of aliphatic hydroxyl groups excluding tert-OH is 3. The summed E-state index contributed by atoms with van der Waals surface area (Å²) < 4.78 is 10.6. The molecule has 0 radical (unpaired) electrons. The first-order valence-electron chi connectivity index (χ1n) is 12.1. The maximum absolute atomic E-state index is 13.2. The van der Waals surface area contributed by atoms with Crippen molar-refractivity contribution in [2.45, 2.75) is 19.6 Å². The van der Waals surface area contributed by atoms with E-state index < -0.39 is 0 Å². The second kappa shape index (κ2) is 14.4. The molecule has 6 nitrogen and oxygen atoms in total. The Morgan fingerprint density at radius 2 is 1.39 bits per heavy atom. The maximum Gasteiger partial charge on any atom is 0.185 e. The molecule has 38 heavy (non-hydrogen) atoms. The normalized spacial score (nSPS) is 12.3. The Balaban J connectivity index is 1.89. The van der Waals surface area contributed by atoms with Crippen molar-refractivity contribution < 1.29 is 29.6 Å². The lowest BCUT2D eigenvalue weighted by Gasteiger charge is -2.08. The number of carbonyl (C=O) groups is 1. The number of benzene rings is 3. The standard InChI is InChI=1S/C32H32O6/c1-37-31-18-14-25(20-32(31)38-2)13-17-30(36)28(10-6-9-23-7-4-3-5-8-23)29(35)16-12-24-11-15-26(21-33)27(19-24)22-34/h3-9,11-20,33-34,36H,10,21-22H2,1-2H3/b9-6+,16-12+,17-13+,30-28-. The first kappa shape index (κ1) is 28.2. The molecule has 3 aromatic carbocycles. The van der Waals surface area contributed by atoms with Crippen LogP contribution in [-0.4, -0.2) is 35.3 Å². The predicted molar refractivity (Wildman–Crippen MR) is 151 cm³/mol. The van der Waals surface area contributed by atoms with Gasteiger partial charge in [0.2, 0.25) is 0 Å². The van der Waals surface area contributed by atoms with Crippen molar-refractivity contribution in [3.63, 3.8) is 0 Å². The first-order chi connectivity index (χ1) is 18.5. The molecule has 0 aliphatic carbocycles. The summed E-state index contributed by atoms with van der Waals surface area (Å²) >= 11 is 0. The summed E-state index contributed by atoms with van der Waals surface area (Å²) in [6, 6.07) is 20.2. The quantitative estimate of drug-likeness (QED) is 0.159. The van der Waals surface area contributed by atoms with E-state index in [9.17, 15) is 20.1 Å². The number of aliphatic hydroxyl groups is 3. The highest BCUT2D eigenvalue weighted by Crippen LogP contribution is 2.28. The second-order valence-corrected chi connectivity index (χ2v) is 8.37. The van der Waals surface area contributed by atoms with E-state index in [0.29, 0.717) is 28.2 Å². The third kappa shape index (κ3) is 7.80. The average Bonchev–Trinajstić information content (AvgIpc) is 2.96. The predicted octanol–water partition coefficient (Wildman–Crippen LogP) is 5.90. The third-order valence-corrected chi connectivity index (χ3v) is 5.88. The molecule has 0 heterocycles. The van der Waals surface area contributed by atoms with Gasteiger partial charge in [-0.3, -0.25) is 4.79 Å². The van der Waals surface area contributed by atoms with Crippen molar-refractivity contribution in [1.29, 1.82) is 0 Å². The number of rotatable bonds is 12. The average molecular weight is 513 g/mol. The molecule has 0 saturated heterocycles. The minimum absolute atomic E-state index is 0.154. The Morgan fingerprint density at radius 3 is 2.08 bits per heavy atom. The molecule has 0 bridgehead atoms. The fourth-order valence-electron chi connectivity index (χ4n) is 3.76. The van der Waals surface area contributed by atoms with E-state index in [1.54, 1.807) is 56.7 Å². The zero-order chi connectivity index (χ0) is 27.3. The number of ketones is 1. The van der Waals surface area contributed by atoms with Crippen LogP contribution in [0.5, 0.6) is 11.5 Å².